The second kappa shape index (κ2) is 8.14. The highest BCUT2D eigenvalue weighted by Gasteiger charge is 2.20. The van der Waals surface area contributed by atoms with Crippen molar-refractivity contribution in [3.05, 3.63) is 33.9 Å². The number of benzene rings is 1. The quantitative estimate of drug-likeness (QED) is 0.435. The fourth-order valence-electron chi connectivity index (χ4n) is 1.86. The van der Waals surface area contributed by atoms with Crippen LogP contribution in [0.2, 0.25) is 0 Å². The number of carbonyl (C=O) groups excluding carboxylic acids is 1. The third kappa shape index (κ3) is 4.53. The van der Waals surface area contributed by atoms with Gasteiger partial charge >= 0.3 is 0 Å². The van der Waals surface area contributed by atoms with Crippen molar-refractivity contribution in [2.24, 2.45) is 0 Å². The second-order valence-electron chi connectivity index (χ2n) is 4.48. The average Bonchev–Trinajstić information content (AvgIpc) is 2.43. The topological polar surface area (TPSA) is 84.3 Å². The van der Waals surface area contributed by atoms with Gasteiger partial charge in [0.1, 0.15) is 5.56 Å². The van der Waals surface area contributed by atoms with Crippen LogP contribution in [-0.2, 0) is 0 Å². The Kier molecular flexibility index (Phi) is 6.49. The maximum Gasteiger partial charge on any atom is 0.282 e. The van der Waals surface area contributed by atoms with Crippen LogP contribution in [0, 0.1) is 10.1 Å². The lowest BCUT2D eigenvalue weighted by Crippen LogP contribution is -2.25. The Balaban J connectivity index is 2.85. The molecule has 0 heterocycles. The highest BCUT2D eigenvalue weighted by atomic mass is 16.6. The number of nitrogens with zero attached hydrogens (tertiary/aromatic N) is 1. The van der Waals surface area contributed by atoms with Gasteiger partial charge in [-0.05, 0) is 25.5 Å². The smallest absolute Gasteiger partial charge is 0.282 e. The number of nitro benzene ring substituents is 1. The summed E-state index contributed by atoms with van der Waals surface area (Å²) in [4.78, 5) is 22.5. The van der Waals surface area contributed by atoms with Crippen molar-refractivity contribution >= 4 is 17.3 Å². The van der Waals surface area contributed by atoms with E-state index in [2.05, 4.69) is 17.6 Å². The van der Waals surface area contributed by atoms with E-state index in [0.717, 1.165) is 19.3 Å². The molecule has 6 nitrogen and oxygen atoms in total. The van der Waals surface area contributed by atoms with E-state index in [0.29, 0.717) is 18.8 Å². The highest BCUT2D eigenvalue weighted by molar-refractivity contribution is 5.99. The van der Waals surface area contributed by atoms with Crippen molar-refractivity contribution in [2.45, 2.75) is 33.1 Å². The van der Waals surface area contributed by atoms with Crippen LogP contribution < -0.4 is 10.6 Å². The third-order valence-corrected chi connectivity index (χ3v) is 2.88. The molecule has 20 heavy (non-hydrogen) atoms. The van der Waals surface area contributed by atoms with Crippen LogP contribution in [0.3, 0.4) is 0 Å². The molecular weight excluding hydrogens is 258 g/mol. The summed E-state index contributed by atoms with van der Waals surface area (Å²) in [7, 11) is 0. The molecule has 6 heteroatoms. The maximum absolute atomic E-state index is 12.0. The molecule has 0 radical (unpaired) electrons. The molecule has 2 N–H and O–H groups in total. The predicted molar refractivity (Wildman–Crippen MR) is 79.1 cm³/mol. The number of nitrogens with one attached hydrogen (secondary N) is 2. The van der Waals surface area contributed by atoms with E-state index in [1.165, 1.54) is 12.1 Å². The molecule has 110 valence electrons. The molecule has 0 aromatic heterocycles. The van der Waals surface area contributed by atoms with Crippen LogP contribution in [0.25, 0.3) is 0 Å². The zero-order chi connectivity index (χ0) is 15.0. The number of nitro groups is 1. The Morgan fingerprint density at radius 2 is 2.05 bits per heavy atom. The Labute approximate surface area is 118 Å². The summed E-state index contributed by atoms with van der Waals surface area (Å²) in [6.45, 7) is 5.23. The van der Waals surface area contributed by atoms with Crippen molar-refractivity contribution in [3.63, 3.8) is 0 Å². The number of hydrogen-bond donors (Lipinski definition) is 2. The number of hydrogen-bond acceptors (Lipinski definition) is 4. The molecule has 1 rings (SSSR count). The van der Waals surface area contributed by atoms with Gasteiger partial charge in [0.2, 0.25) is 0 Å². The summed E-state index contributed by atoms with van der Waals surface area (Å²) in [6.07, 6.45) is 2.97. The molecule has 0 fully saturated rings. The van der Waals surface area contributed by atoms with Crippen LogP contribution in [-0.4, -0.2) is 23.9 Å². The number of anilines is 1. The molecule has 1 aromatic rings. The maximum atomic E-state index is 12.0. The second-order valence-corrected chi connectivity index (χ2v) is 4.48. The number of unbranched alkanes of at least 4 members (excludes halogenated alkanes) is 2. The molecule has 1 amide bonds. The summed E-state index contributed by atoms with van der Waals surface area (Å²) < 4.78 is 0. The van der Waals surface area contributed by atoms with E-state index in [-0.39, 0.29) is 11.3 Å². The monoisotopic (exact) mass is 279 g/mol. The van der Waals surface area contributed by atoms with Crippen LogP contribution in [0.4, 0.5) is 11.4 Å². The van der Waals surface area contributed by atoms with E-state index in [1.807, 2.05) is 6.92 Å². The molecule has 0 unspecified atom stereocenters. The van der Waals surface area contributed by atoms with Gasteiger partial charge in [-0.2, -0.15) is 0 Å². The van der Waals surface area contributed by atoms with Crippen LogP contribution in [0.5, 0.6) is 0 Å². The Morgan fingerprint density at radius 1 is 1.30 bits per heavy atom. The minimum absolute atomic E-state index is 0.102. The average molecular weight is 279 g/mol. The molecule has 0 aliphatic rings. The number of carbonyl (C=O) groups is 1. The van der Waals surface area contributed by atoms with E-state index in [4.69, 9.17) is 0 Å². The largest absolute Gasteiger partial charge is 0.385 e. The Morgan fingerprint density at radius 3 is 2.65 bits per heavy atom. The predicted octanol–water partition coefficient (Wildman–Crippen LogP) is 2.95. The molecule has 0 spiro atoms. The SMILES string of the molecule is CCCCCNC(=O)c1cc(NCC)ccc1[N+](=O)[O-]. The fraction of sp³-hybridized carbons (Fsp3) is 0.500. The summed E-state index contributed by atoms with van der Waals surface area (Å²) in [5, 5.41) is 16.7. The first-order chi connectivity index (χ1) is 9.60. The van der Waals surface area contributed by atoms with Gasteiger partial charge in [0.25, 0.3) is 11.6 Å². The van der Waals surface area contributed by atoms with Crippen LogP contribution in [0.1, 0.15) is 43.5 Å². The first kappa shape index (κ1) is 15.9. The molecule has 0 bridgehead atoms. The van der Waals surface area contributed by atoms with Gasteiger partial charge in [0, 0.05) is 24.8 Å². The van der Waals surface area contributed by atoms with E-state index in [1.54, 1.807) is 6.07 Å². The zero-order valence-corrected chi connectivity index (χ0v) is 11.9. The molecule has 0 aliphatic heterocycles. The van der Waals surface area contributed by atoms with Gasteiger partial charge in [0.05, 0.1) is 4.92 Å². The fourth-order valence-corrected chi connectivity index (χ4v) is 1.86. The molecular formula is C14H21N3O3. The summed E-state index contributed by atoms with van der Waals surface area (Å²) >= 11 is 0. The zero-order valence-electron chi connectivity index (χ0n) is 11.9. The van der Waals surface area contributed by atoms with Crippen molar-refractivity contribution < 1.29 is 9.72 Å². The minimum atomic E-state index is -0.531. The molecule has 0 saturated heterocycles. The van der Waals surface area contributed by atoms with Crippen molar-refractivity contribution in [2.75, 3.05) is 18.4 Å². The van der Waals surface area contributed by atoms with Crippen LogP contribution in [0.15, 0.2) is 18.2 Å². The van der Waals surface area contributed by atoms with E-state index < -0.39 is 10.8 Å². The van der Waals surface area contributed by atoms with E-state index >= 15 is 0 Å². The Hall–Kier alpha value is -2.11. The number of amides is 1. The van der Waals surface area contributed by atoms with Crippen LogP contribution >= 0.6 is 0 Å². The van der Waals surface area contributed by atoms with Gasteiger partial charge in [-0.15, -0.1) is 0 Å². The van der Waals surface area contributed by atoms with Gasteiger partial charge in [-0.3, -0.25) is 14.9 Å². The van der Waals surface area contributed by atoms with Gasteiger partial charge in [-0.25, -0.2) is 0 Å². The highest BCUT2D eigenvalue weighted by Crippen LogP contribution is 2.22. The van der Waals surface area contributed by atoms with E-state index in [9.17, 15) is 14.9 Å². The molecule has 0 atom stereocenters. The lowest BCUT2D eigenvalue weighted by Gasteiger charge is -2.08. The van der Waals surface area contributed by atoms with Gasteiger partial charge in [0.15, 0.2) is 0 Å². The molecule has 0 saturated carbocycles. The minimum Gasteiger partial charge on any atom is -0.385 e. The summed E-state index contributed by atoms with van der Waals surface area (Å²) in [5.74, 6) is -0.396. The van der Waals surface area contributed by atoms with Gasteiger partial charge < -0.3 is 10.6 Å². The van der Waals surface area contributed by atoms with Crippen molar-refractivity contribution in [3.8, 4) is 0 Å². The molecule has 1 aromatic carbocycles. The summed E-state index contributed by atoms with van der Waals surface area (Å²) in [6, 6.07) is 4.49. The number of rotatable bonds is 8. The third-order valence-electron chi connectivity index (χ3n) is 2.88. The normalized spacial score (nSPS) is 10.1. The van der Waals surface area contributed by atoms with Crippen molar-refractivity contribution in [1.82, 2.24) is 5.32 Å². The summed E-state index contributed by atoms with van der Waals surface area (Å²) in [5.41, 5.74) is 0.640. The molecule has 0 aliphatic carbocycles. The first-order valence-electron chi connectivity index (χ1n) is 6.90. The standard InChI is InChI=1S/C14H21N3O3/c1-3-5-6-9-16-14(18)12-10-11(15-4-2)7-8-13(12)17(19)20/h7-8,10,15H,3-6,9H2,1-2H3,(H,16,18). The van der Waals surface area contributed by atoms with Crippen molar-refractivity contribution in [1.29, 1.82) is 0 Å². The van der Waals surface area contributed by atoms with Gasteiger partial charge in [-0.1, -0.05) is 19.8 Å². The Bertz CT molecular complexity index is 475. The lowest BCUT2D eigenvalue weighted by molar-refractivity contribution is -0.385. The first-order valence-corrected chi connectivity index (χ1v) is 6.90. The lowest BCUT2D eigenvalue weighted by atomic mass is 10.1.